The fourth-order valence-corrected chi connectivity index (χ4v) is 9.26. The number of rotatable bonds is 18. The van der Waals surface area contributed by atoms with Gasteiger partial charge in [0, 0.05) is 50.3 Å². The lowest BCUT2D eigenvalue weighted by molar-refractivity contribution is -0.143. The normalized spacial score (nSPS) is 19.3. The second-order valence-electron chi connectivity index (χ2n) is 18.1. The highest BCUT2D eigenvalue weighted by molar-refractivity contribution is 9.09. The molecule has 0 saturated carbocycles. The first-order valence-corrected chi connectivity index (χ1v) is 25.8. The number of hydrogen-bond acceptors (Lipinski definition) is 15. The Bertz CT molecular complexity index is 2450. The number of nitrogens with zero attached hydrogens (tertiary/aromatic N) is 5. The molecule has 8 amide bonds. The van der Waals surface area contributed by atoms with Crippen molar-refractivity contribution >= 4 is 74.9 Å². The molecule has 3 aromatic carbocycles. The van der Waals surface area contributed by atoms with Crippen molar-refractivity contribution in [2.24, 2.45) is 5.92 Å². The van der Waals surface area contributed by atoms with Gasteiger partial charge in [-0.15, -0.1) is 0 Å². The van der Waals surface area contributed by atoms with Crippen molar-refractivity contribution in [3.8, 4) is 0 Å². The van der Waals surface area contributed by atoms with Gasteiger partial charge < -0.3 is 39.8 Å². The number of ether oxygens (including phenoxy) is 1. The first-order chi connectivity index (χ1) is 35.5. The number of unbranched alkanes of at least 4 members (excludes halogenated alkanes) is 4. The van der Waals surface area contributed by atoms with Crippen LogP contribution in [0.2, 0.25) is 0 Å². The highest BCUT2D eigenvalue weighted by Crippen LogP contribution is 2.26. The van der Waals surface area contributed by atoms with Crippen LogP contribution in [0.3, 0.4) is 0 Å². The molecule has 0 bridgehead atoms. The summed E-state index contributed by atoms with van der Waals surface area (Å²) in [5.41, 5.74) is 2.27. The average Bonchev–Trinajstić information content (AvgIpc) is 4.16. The van der Waals surface area contributed by atoms with E-state index in [1.807, 2.05) is 0 Å². The van der Waals surface area contributed by atoms with Crippen molar-refractivity contribution in [1.29, 1.82) is 0 Å². The molecule has 0 aliphatic carbocycles. The number of carbonyl (C=O) groups is 10. The number of halogens is 1. The molecule has 20 nitrogen and oxygen atoms in total. The van der Waals surface area contributed by atoms with Crippen molar-refractivity contribution in [2.45, 2.75) is 89.9 Å². The van der Waals surface area contributed by atoms with Crippen molar-refractivity contribution in [1.82, 2.24) is 24.5 Å². The number of Topliss-reactive ketones (excluding diaryl/α,β-unsaturated/α-hetero) is 1. The van der Waals surface area contributed by atoms with Crippen LogP contribution in [0.5, 0.6) is 0 Å². The zero-order valence-corrected chi connectivity index (χ0v) is 43.2. The van der Waals surface area contributed by atoms with E-state index in [9.17, 15) is 63.3 Å². The van der Waals surface area contributed by atoms with Crippen molar-refractivity contribution in [2.75, 3.05) is 64.4 Å². The average molecular weight is 1090 g/mol. The summed E-state index contributed by atoms with van der Waals surface area (Å²) in [7, 11) is 0. The van der Waals surface area contributed by atoms with E-state index >= 15 is 0 Å². The monoisotopic (exact) mass is 1090 g/mol. The molecule has 0 unspecified atom stereocenters. The zero-order valence-electron chi connectivity index (χ0n) is 41.6. The van der Waals surface area contributed by atoms with Gasteiger partial charge in [-0.05, 0) is 82.3 Å². The minimum Gasteiger partial charge on any atom is -0.466 e. The summed E-state index contributed by atoms with van der Waals surface area (Å²) < 4.78 is 4.73. The van der Waals surface area contributed by atoms with Crippen LogP contribution in [0, 0.1) is 5.92 Å². The molecule has 8 rings (SSSR count). The standard InChI is InChI=1S/2C15H16N2O5.C14H16BrNO2.C9H16O3/c18-8-9-5-16(6-12(9)19)13(20)7-17-14(21)10-3-1-2-4-11(10)15(17)22;18-8-11-12(19)5-6-16(11)13(20)7-17-14(21)9-3-1-2-4-10(9)15(17)22;15-9-5-1-2-6-10-16-13(17)11-7-3-4-8-12(11)14(16)18;1-3-12-9(11)7-5-4-6-8(2)10/h1-4,9,12,18-19H,5-8H2;1-4,11-12,18-19H,5-8H2;3-4,7-8H,1-2,5-6,9-10H2;3-7H2,1-2H3/t9-,12-;11-,12-;;/m01../s1. The lowest BCUT2D eigenvalue weighted by atomic mass is 10.1. The number of aliphatic hydroxyl groups is 4. The SMILES string of the molecule is CCOC(=O)CCCCC(C)=O.O=C(CN1C(=O)c2ccccc2C1=O)N1C[C@@H](CO)[C@@H](O)C1.O=C1c2ccccc2C(=O)N1CC(=O)N1CC[C@@H](O)[C@H]1CO.O=C1c2ccccc2C(=O)N1CCCCCCBr. The molecule has 4 N–H and O–H groups in total. The predicted molar refractivity (Wildman–Crippen MR) is 270 cm³/mol. The predicted octanol–water partition coefficient (Wildman–Crippen LogP) is 3.27. The number of aliphatic hydroxyl groups excluding tert-OH is 4. The molecule has 21 heteroatoms. The first-order valence-electron chi connectivity index (χ1n) is 24.7. The van der Waals surface area contributed by atoms with E-state index in [0.29, 0.717) is 72.3 Å². The first kappa shape index (κ1) is 58.4. The summed E-state index contributed by atoms with van der Waals surface area (Å²) in [5.74, 6) is -3.46. The molecule has 5 aliphatic heterocycles. The highest BCUT2D eigenvalue weighted by Gasteiger charge is 2.42. The van der Waals surface area contributed by atoms with Gasteiger partial charge in [0.2, 0.25) is 11.8 Å². The lowest BCUT2D eigenvalue weighted by Gasteiger charge is -2.26. The van der Waals surface area contributed by atoms with E-state index in [0.717, 1.165) is 53.7 Å². The van der Waals surface area contributed by atoms with E-state index in [1.54, 1.807) is 86.6 Å². The van der Waals surface area contributed by atoms with Gasteiger partial charge in [0.25, 0.3) is 35.4 Å². The van der Waals surface area contributed by atoms with Crippen LogP contribution in [0.25, 0.3) is 0 Å². The number of hydrogen-bond donors (Lipinski definition) is 4. The van der Waals surface area contributed by atoms with Crippen LogP contribution in [-0.4, -0.2) is 187 Å². The van der Waals surface area contributed by atoms with Crippen molar-refractivity contribution in [3.05, 3.63) is 106 Å². The van der Waals surface area contributed by atoms with Crippen molar-refractivity contribution < 1.29 is 73.1 Å². The van der Waals surface area contributed by atoms with E-state index in [4.69, 9.17) is 9.84 Å². The largest absolute Gasteiger partial charge is 0.466 e. The van der Waals surface area contributed by atoms with Crippen LogP contribution >= 0.6 is 15.9 Å². The summed E-state index contributed by atoms with van der Waals surface area (Å²) >= 11 is 3.39. The smallest absolute Gasteiger partial charge is 0.305 e. The molecule has 0 radical (unpaired) electrons. The third-order valence-corrected chi connectivity index (χ3v) is 13.5. The molecule has 5 aliphatic rings. The molecular formula is C53H64BrN5O15. The zero-order chi connectivity index (χ0) is 54.1. The van der Waals surface area contributed by atoms with Gasteiger partial charge in [0.15, 0.2) is 0 Å². The summed E-state index contributed by atoms with van der Waals surface area (Å²) in [5, 5.41) is 38.8. The maximum absolute atomic E-state index is 12.3. The van der Waals surface area contributed by atoms with E-state index < -0.39 is 53.7 Å². The summed E-state index contributed by atoms with van der Waals surface area (Å²) in [4.78, 5) is 125. The van der Waals surface area contributed by atoms with Gasteiger partial charge in [-0.1, -0.05) is 65.2 Å². The number of amides is 8. The quantitative estimate of drug-likeness (QED) is 0.0616. The minimum absolute atomic E-state index is 0.104. The van der Waals surface area contributed by atoms with Gasteiger partial charge >= 0.3 is 5.97 Å². The molecule has 5 heterocycles. The molecule has 74 heavy (non-hydrogen) atoms. The number of benzene rings is 3. The maximum Gasteiger partial charge on any atom is 0.305 e. The van der Waals surface area contributed by atoms with Gasteiger partial charge in [-0.25, -0.2) is 0 Å². The van der Waals surface area contributed by atoms with Crippen LogP contribution in [-0.2, 0) is 23.9 Å². The second-order valence-corrected chi connectivity index (χ2v) is 18.9. The summed E-state index contributed by atoms with van der Waals surface area (Å²) in [6.45, 7) is 3.65. The Morgan fingerprint density at radius 1 is 0.581 bits per heavy atom. The van der Waals surface area contributed by atoms with E-state index in [2.05, 4.69) is 15.9 Å². The van der Waals surface area contributed by atoms with E-state index in [1.165, 1.54) is 14.7 Å². The highest BCUT2D eigenvalue weighted by atomic mass is 79.9. The third-order valence-electron chi connectivity index (χ3n) is 13.0. The molecule has 0 spiro atoms. The topological polar surface area (TPSA) is 277 Å². The van der Waals surface area contributed by atoms with Crippen LogP contribution < -0.4 is 0 Å². The number of ketones is 1. The van der Waals surface area contributed by atoms with Gasteiger partial charge in [-0.2, -0.15) is 0 Å². The van der Waals surface area contributed by atoms with E-state index in [-0.39, 0.29) is 68.9 Å². The fraction of sp³-hybridized carbons (Fsp3) is 0.472. The summed E-state index contributed by atoms with van der Waals surface area (Å²) in [6.07, 6.45) is 5.56. The van der Waals surface area contributed by atoms with Crippen LogP contribution in [0.15, 0.2) is 72.8 Å². The number of fused-ring (bicyclic) bond motifs is 3. The van der Waals surface area contributed by atoms with Gasteiger partial charge in [0.1, 0.15) is 18.9 Å². The van der Waals surface area contributed by atoms with Crippen LogP contribution in [0.4, 0.5) is 0 Å². The second kappa shape index (κ2) is 28.2. The minimum atomic E-state index is -0.781. The van der Waals surface area contributed by atoms with Crippen molar-refractivity contribution in [3.63, 3.8) is 0 Å². The third kappa shape index (κ3) is 14.6. The summed E-state index contributed by atoms with van der Waals surface area (Å²) in [6, 6.07) is 19.2. The number of alkyl halides is 1. The Hall–Kier alpha value is -6.52. The molecule has 2 saturated heterocycles. The Labute approximate surface area is 437 Å². The molecule has 398 valence electrons. The Morgan fingerprint density at radius 2 is 1.03 bits per heavy atom. The number of β-amino-alcohol motifs (C(OH)–C–C–N with tert-alkyl or cyclic N) is 1. The molecule has 0 aromatic heterocycles. The lowest BCUT2D eigenvalue weighted by Crippen LogP contribution is -2.47. The number of carbonyl (C=O) groups excluding carboxylic acids is 10. The molecule has 2 fully saturated rings. The molecule has 4 atom stereocenters. The van der Waals surface area contributed by atoms with Crippen LogP contribution in [0.1, 0.15) is 134 Å². The fourth-order valence-electron chi connectivity index (χ4n) is 8.87. The van der Waals surface area contributed by atoms with Gasteiger partial charge in [0.05, 0.1) is 71.5 Å². The Morgan fingerprint density at radius 3 is 1.45 bits per heavy atom. The Balaban J connectivity index is 0.000000187. The molecule has 3 aromatic rings. The number of imide groups is 3. The molecular weight excluding hydrogens is 1030 g/mol. The Kier molecular flexibility index (Phi) is 22.3. The maximum atomic E-state index is 12.3. The van der Waals surface area contributed by atoms with Gasteiger partial charge in [-0.3, -0.25) is 57.9 Å². The number of esters is 1. The number of likely N-dealkylation sites (tertiary alicyclic amines) is 2.